The number of halogens is 3. The van der Waals surface area contributed by atoms with Gasteiger partial charge < -0.3 is 4.57 Å². The summed E-state index contributed by atoms with van der Waals surface area (Å²) in [5.41, 5.74) is 0.380. The molecule has 0 aliphatic rings. The Kier molecular flexibility index (Phi) is 4.97. The van der Waals surface area contributed by atoms with Crippen LogP contribution in [0, 0.1) is 3.57 Å². The first-order valence-electron chi connectivity index (χ1n) is 5.31. The van der Waals surface area contributed by atoms with Crippen LogP contribution in [0.3, 0.4) is 0 Å². The molecule has 0 bridgehead atoms. The fraction of sp³-hybridized carbons (Fsp3) is 0.0769. The van der Waals surface area contributed by atoms with Crippen molar-refractivity contribution in [3.63, 3.8) is 0 Å². The van der Waals surface area contributed by atoms with Crippen LogP contribution in [0.5, 0.6) is 0 Å². The van der Waals surface area contributed by atoms with E-state index >= 15 is 0 Å². The van der Waals surface area contributed by atoms with Gasteiger partial charge in [0.15, 0.2) is 5.78 Å². The number of aromatic nitrogens is 1. The van der Waals surface area contributed by atoms with Crippen molar-refractivity contribution in [2.45, 2.75) is 6.54 Å². The average Bonchev–Trinajstić information content (AvgIpc) is 2.36. The van der Waals surface area contributed by atoms with Gasteiger partial charge in [0.05, 0.1) is 11.0 Å². The van der Waals surface area contributed by atoms with E-state index in [9.17, 15) is 9.59 Å². The van der Waals surface area contributed by atoms with Gasteiger partial charge in [-0.3, -0.25) is 9.59 Å². The molecule has 0 saturated carbocycles. The molecule has 0 amide bonds. The Balaban J connectivity index is 2.29. The third-order valence-corrected chi connectivity index (χ3v) is 4.21. The van der Waals surface area contributed by atoms with Crippen LogP contribution in [0.1, 0.15) is 10.4 Å². The molecule has 2 aromatic rings. The maximum atomic E-state index is 12.1. The molecule has 98 valence electrons. The Hall–Kier alpha value is -0.470. The Labute approximate surface area is 140 Å². The summed E-state index contributed by atoms with van der Waals surface area (Å²) in [6.45, 7) is 0.0253. The molecule has 0 radical (unpaired) electrons. The van der Waals surface area contributed by atoms with Gasteiger partial charge in [-0.1, -0.05) is 12.1 Å². The molecular formula is C13H8Br2INO2. The Morgan fingerprint density at radius 1 is 1.21 bits per heavy atom. The minimum atomic E-state index is -0.220. The minimum absolute atomic E-state index is 0.0253. The van der Waals surface area contributed by atoms with Crippen molar-refractivity contribution in [3.05, 3.63) is 65.0 Å². The fourth-order valence-electron chi connectivity index (χ4n) is 1.56. The number of hydrogen-bond acceptors (Lipinski definition) is 2. The number of rotatable bonds is 3. The lowest BCUT2D eigenvalue weighted by Gasteiger charge is -2.06. The number of benzene rings is 1. The maximum Gasteiger partial charge on any atom is 0.265 e. The van der Waals surface area contributed by atoms with E-state index in [1.165, 1.54) is 4.57 Å². The van der Waals surface area contributed by atoms with Crippen molar-refractivity contribution in [1.82, 2.24) is 4.57 Å². The molecule has 0 aliphatic carbocycles. The lowest BCUT2D eigenvalue weighted by Crippen LogP contribution is -2.24. The Bertz CT molecular complexity index is 680. The molecular weight excluding hydrogens is 489 g/mol. The summed E-state index contributed by atoms with van der Waals surface area (Å²) >= 11 is 8.66. The predicted molar refractivity (Wildman–Crippen MR) is 89.6 cm³/mol. The van der Waals surface area contributed by atoms with E-state index in [-0.39, 0.29) is 17.9 Å². The molecule has 1 aromatic heterocycles. The van der Waals surface area contributed by atoms with E-state index in [2.05, 4.69) is 54.5 Å². The first-order chi connectivity index (χ1) is 8.97. The number of hydrogen-bond donors (Lipinski definition) is 0. The molecule has 19 heavy (non-hydrogen) atoms. The van der Waals surface area contributed by atoms with E-state index in [0.717, 1.165) is 8.04 Å². The normalized spacial score (nSPS) is 10.5. The molecule has 0 unspecified atom stereocenters. The highest BCUT2D eigenvalue weighted by molar-refractivity contribution is 14.1. The molecule has 1 heterocycles. The van der Waals surface area contributed by atoms with Crippen LogP contribution in [0.25, 0.3) is 0 Å². The molecule has 0 spiro atoms. The van der Waals surface area contributed by atoms with E-state index in [4.69, 9.17) is 0 Å². The van der Waals surface area contributed by atoms with Gasteiger partial charge in [0.2, 0.25) is 0 Å². The van der Waals surface area contributed by atoms with Crippen molar-refractivity contribution in [2.75, 3.05) is 0 Å². The van der Waals surface area contributed by atoms with E-state index in [0.29, 0.717) is 10.0 Å². The summed E-state index contributed by atoms with van der Waals surface area (Å²) in [6, 6.07) is 8.93. The second-order valence-electron chi connectivity index (χ2n) is 3.87. The van der Waals surface area contributed by atoms with Crippen molar-refractivity contribution in [2.24, 2.45) is 0 Å². The van der Waals surface area contributed by atoms with Gasteiger partial charge in [-0.05, 0) is 72.6 Å². The summed E-state index contributed by atoms with van der Waals surface area (Å²) in [5, 5.41) is 0. The molecule has 0 atom stereocenters. The summed E-state index contributed by atoms with van der Waals surface area (Å²) in [6.07, 6.45) is 1.61. The highest BCUT2D eigenvalue weighted by Crippen LogP contribution is 2.13. The summed E-state index contributed by atoms with van der Waals surface area (Å²) in [5.74, 6) is -0.0940. The lowest BCUT2D eigenvalue weighted by molar-refractivity contribution is 0.0970. The van der Waals surface area contributed by atoms with Crippen molar-refractivity contribution in [1.29, 1.82) is 0 Å². The zero-order valence-corrected chi connectivity index (χ0v) is 14.9. The molecule has 0 saturated heterocycles. The van der Waals surface area contributed by atoms with Gasteiger partial charge in [0.25, 0.3) is 5.56 Å². The third kappa shape index (κ3) is 3.76. The van der Waals surface area contributed by atoms with Gasteiger partial charge in [-0.25, -0.2) is 0 Å². The van der Waals surface area contributed by atoms with Crippen LogP contribution in [-0.4, -0.2) is 10.4 Å². The highest BCUT2D eigenvalue weighted by atomic mass is 127. The molecule has 0 N–H and O–H groups in total. The quantitative estimate of drug-likeness (QED) is 0.478. The first-order valence-corrected chi connectivity index (χ1v) is 7.98. The second-order valence-corrected chi connectivity index (χ2v) is 6.89. The SMILES string of the molecule is O=C(Cn1cc(Br)cc(Br)c1=O)c1ccc(I)cc1. The van der Waals surface area contributed by atoms with Crippen LogP contribution in [0.2, 0.25) is 0 Å². The van der Waals surface area contributed by atoms with Gasteiger partial charge in [0, 0.05) is 19.8 Å². The number of Topliss-reactive ketones (excluding diaryl/α,β-unsaturated/α-hetero) is 1. The standard InChI is InChI=1S/C13H8Br2INO2/c14-9-5-11(15)13(19)17(6-9)7-12(18)8-1-3-10(16)4-2-8/h1-6H,7H2. The smallest absolute Gasteiger partial charge is 0.265 e. The van der Waals surface area contributed by atoms with Crippen LogP contribution >= 0.6 is 54.5 Å². The van der Waals surface area contributed by atoms with E-state index < -0.39 is 0 Å². The minimum Gasteiger partial charge on any atom is -0.306 e. The first kappa shape index (κ1) is 14.9. The largest absolute Gasteiger partial charge is 0.306 e. The van der Waals surface area contributed by atoms with Crippen molar-refractivity contribution < 1.29 is 4.79 Å². The zero-order valence-electron chi connectivity index (χ0n) is 9.57. The van der Waals surface area contributed by atoms with E-state index in [1.807, 2.05) is 12.1 Å². The van der Waals surface area contributed by atoms with Crippen LogP contribution in [-0.2, 0) is 6.54 Å². The predicted octanol–water partition coefficient (Wildman–Crippen LogP) is 3.86. The van der Waals surface area contributed by atoms with Crippen LogP contribution < -0.4 is 5.56 Å². The summed E-state index contributed by atoms with van der Waals surface area (Å²) in [4.78, 5) is 24.0. The topological polar surface area (TPSA) is 39.1 Å². The molecule has 2 rings (SSSR count). The Morgan fingerprint density at radius 3 is 2.47 bits per heavy atom. The van der Waals surface area contributed by atoms with Crippen molar-refractivity contribution in [3.8, 4) is 0 Å². The van der Waals surface area contributed by atoms with Crippen molar-refractivity contribution >= 4 is 60.2 Å². The molecule has 3 nitrogen and oxygen atoms in total. The zero-order chi connectivity index (χ0) is 14.0. The molecule has 6 heteroatoms. The monoisotopic (exact) mass is 495 g/mol. The molecule has 1 aromatic carbocycles. The summed E-state index contributed by atoms with van der Waals surface area (Å²) in [7, 11) is 0. The average molecular weight is 497 g/mol. The lowest BCUT2D eigenvalue weighted by atomic mass is 10.1. The molecule has 0 aliphatic heterocycles. The number of pyridine rings is 1. The van der Waals surface area contributed by atoms with Crippen LogP contribution in [0.4, 0.5) is 0 Å². The number of carbonyl (C=O) groups is 1. The highest BCUT2D eigenvalue weighted by Gasteiger charge is 2.10. The second kappa shape index (κ2) is 6.32. The third-order valence-electron chi connectivity index (χ3n) is 2.49. The van der Waals surface area contributed by atoms with Gasteiger partial charge in [0.1, 0.15) is 0 Å². The number of nitrogens with zero attached hydrogens (tertiary/aromatic N) is 1. The fourth-order valence-corrected chi connectivity index (χ4v) is 3.18. The van der Waals surface area contributed by atoms with E-state index in [1.54, 1.807) is 24.4 Å². The molecule has 0 fully saturated rings. The summed E-state index contributed by atoms with van der Waals surface area (Å²) < 4.78 is 3.62. The van der Waals surface area contributed by atoms with Crippen LogP contribution in [0.15, 0.2) is 50.3 Å². The number of carbonyl (C=O) groups excluding carboxylic acids is 1. The maximum absolute atomic E-state index is 12.1. The Morgan fingerprint density at radius 2 is 1.84 bits per heavy atom. The van der Waals surface area contributed by atoms with Gasteiger partial charge >= 0.3 is 0 Å². The van der Waals surface area contributed by atoms with Gasteiger partial charge in [-0.15, -0.1) is 0 Å². The van der Waals surface area contributed by atoms with Gasteiger partial charge in [-0.2, -0.15) is 0 Å². The number of ketones is 1.